The Labute approximate surface area is 194 Å². The fraction of sp³-hybridized carbons (Fsp3) is 0.455. The standard InChI is InChI=1S/C22H26FN5O4S/c1-21(2,3)32-20(30)25-22(13-29)7-9-27(10-8-22)19-26-28-16(12-24-18(28)33-19)15-6-5-14(23)11-17(15)31-4/h5-6,11-13H,7-10H2,1-4H3,(H,25,30). The van der Waals surface area contributed by atoms with Crippen molar-refractivity contribution in [1.82, 2.24) is 19.9 Å². The van der Waals surface area contributed by atoms with Crippen molar-refractivity contribution in [3.05, 3.63) is 30.2 Å². The average molecular weight is 476 g/mol. The molecule has 3 aromatic rings. The second kappa shape index (κ2) is 8.62. The van der Waals surface area contributed by atoms with Crippen molar-refractivity contribution in [3.8, 4) is 17.0 Å². The van der Waals surface area contributed by atoms with Crippen molar-refractivity contribution in [2.75, 3.05) is 25.1 Å². The van der Waals surface area contributed by atoms with Gasteiger partial charge in [0.2, 0.25) is 10.1 Å². The number of halogens is 1. The summed E-state index contributed by atoms with van der Waals surface area (Å²) in [4.78, 5) is 31.3. The monoisotopic (exact) mass is 475 g/mol. The van der Waals surface area contributed by atoms with E-state index >= 15 is 0 Å². The lowest BCUT2D eigenvalue weighted by atomic mass is 9.89. The number of fused-ring (bicyclic) bond motifs is 1. The quantitative estimate of drug-likeness (QED) is 0.562. The molecule has 0 saturated carbocycles. The van der Waals surface area contributed by atoms with Gasteiger partial charge < -0.3 is 24.5 Å². The maximum absolute atomic E-state index is 13.6. The number of methoxy groups -OCH3 is 1. The third-order valence-corrected chi connectivity index (χ3v) is 6.40. The number of nitrogens with zero attached hydrogens (tertiary/aromatic N) is 4. The number of ether oxygens (including phenoxy) is 2. The number of nitrogens with one attached hydrogen (secondary N) is 1. The van der Waals surface area contributed by atoms with Crippen LogP contribution in [-0.4, -0.2) is 58.3 Å². The maximum Gasteiger partial charge on any atom is 0.408 e. The number of carbonyl (C=O) groups excluding carboxylic acids is 2. The van der Waals surface area contributed by atoms with Crippen LogP contribution in [0.4, 0.5) is 14.3 Å². The Morgan fingerprint density at radius 3 is 2.67 bits per heavy atom. The lowest BCUT2D eigenvalue weighted by molar-refractivity contribution is -0.114. The molecule has 0 unspecified atom stereocenters. The number of aldehydes is 1. The van der Waals surface area contributed by atoms with E-state index in [1.54, 1.807) is 37.5 Å². The molecule has 0 atom stereocenters. The second-order valence-corrected chi connectivity index (χ2v) is 9.89. The predicted molar refractivity (Wildman–Crippen MR) is 122 cm³/mol. The van der Waals surface area contributed by atoms with Crippen LogP contribution in [0.5, 0.6) is 5.75 Å². The highest BCUT2D eigenvalue weighted by Crippen LogP contribution is 2.35. The molecule has 1 aromatic carbocycles. The highest BCUT2D eigenvalue weighted by Gasteiger charge is 2.38. The summed E-state index contributed by atoms with van der Waals surface area (Å²) in [5, 5.41) is 8.19. The van der Waals surface area contributed by atoms with Gasteiger partial charge in [-0.3, -0.25) is 0 Å². The van der Waals surface area contributed by atoms with Crippen LogP contribution in [0.2, 0.25) is 0 Å². The molecule has 3 heterocycles. The van der Waals surface area contributed by atoms with Gasteiger partial charge in [0.05, 0.1) is 19.0 Å². The minimum absolute atomic E-state index is 0.387. The van der Waals surface area contributed by atoms with E-state index in [0.29, 0.717) is 47.9 Å². The molecule has 1 aliphatic rings. The fourth-order valence-corrected chi connectivity index (χ4v) is 4.68. The van der Waals surface area contributed by atoms with Gasteiger partial charge in [0.1, 0.15) is 29.0 Å². The Morgan fingerprint density at radius 2 is 2.03 bits per heavy atom. The summed E-state index contributed by atoms with van der Waals surface area (Å²) < 4.78 is 25.9. The number of aromatic nitrogens is 3. The van der Waals surface area contributed by atoms with Crippen LogP contribution in [0.1, 0.15) is 33.6 Å². The first-order chi connectivity index (χ1) is 15.6. The van der Waals surface area contributed by atoms with Crippen molar-refractivity contribution in [2.24, 2.45) is 0 Å². The number of amides is 1. The molecular weight excluding hydrogens is 449 g/mol. The lowest BCUT2D eigenvalue weighted by Crippen LogP contribution is -2.57. The van der Waals surface area contributed by atoms with Crippen LogP contribution >= 0.6 is 11.3 Å². The number of imidazole rings is 1. The van der Waals surface area contributed by atoms with Crippen molar-refractivity contribution in [2.45, 2.75) is 44.8 Å². The molecule has 0 bridgehead atoms. The molecular formula is C22H26FN5O4S. The molecule has 0 aliphatic carbocycles. The molecule has 4 rings (SSSR count). The lowest BCUT2D eigenvalue weighted by Gasteiger charge is -2.38. The molecule has 1 amide bonds. The summed E-state index contributed by atoms with van der Waals surface area (Å²) in [6.07, 6.45) is 2.72. The summed E-state index contributed by atoms with van der Waals surface area (Å²) >= 11 is 1.42. The maximum atomic E-state index is 13.6. The molecule has 33 heavy (non-hydrogen) atoms. The third-order valence-electron chi connectivity index (χ3n) is 5.42. The Hall–Kier alpha value is -3.21. The highest BCUT2D eigenvalue weighted by molar-refractivity contribution is 7.20. The minimum Gasteiger partial charge on any atom is -0.496 e. The zero-order chi connectivity index (χ0) is 23.8. The Kier molecular flexibility index (Phi) is 6.00. The van der Waals surface area contributed by atoms with Crippen LogP contribution in [0.15, 0.2) is 24.4 Å². The van der Waals surface area contributed by atoms with Gasteiger partial charge in [-0.1, -0.05) is 11.3 Å². The number of piperidine rings is 1. The van der Waals surface area contributed by atoms with Crippen molar-refractivity contribution in [1.29, 1.82) is 0 Å². The van der Waals surface area contributed by atoms with Crippen molar-refractivity contribution in [3.63, 3.8) is 0 Å². The van der Waals surface area contributed by atoms with Crippen LogP contribution in [-0.2, 0) is 9.53 Å². The van der Waals surface area contributed by atoms with E-state index in [2.05, 4.69) is 15.2 Å². The van der Waals surface area contributed by atoms with Crippen molar-refractivity contribution < 1.29 is 23.5 Å². The summed E-state index contributed by atoms with van der Waals surface area (Å²) in [6.45, 7) is 6.38. The molecule has 0 radical (unpaired) electrons. The summed E-state index contributed by atoms with van der Waals surface area (Å²) in [5.74, 6) is 0.00982. The topological polar surface area (TPSA) is 98.1 Å². The first kappa shape index (κ1) is 23.0. The van der Waals surface area contributed by atoms with E-state index in [4.69, 9.17) is 14.6 Å². The number of carbonyl (C=O) groups is 2. The number of anilines is 1. The van der Waals surface area contributed by atoms with E-state index in [-0.39, 0.29) is 5.82 Å². The molecule has 1 aliphatic heterocycles. The molecule has 11 heteroatoms. The van der Waals surface area contributed by atoms with Crippen molar-refractivity contribution >= 4 is 33.8 Å². The van der Waals surface area contributed by atoms with Gasteiger partial charge in [-0.25, -0.2) is 18.7 Å². The van der Waals surface area contributed by atoms with Gasteiger partial charge in [0.15, 0.2) is 0 Å². The van der Waals surface area contributed by atoms with Crippen LogP contribution in [0.3, 0.4) is 0 Å². The summed E-state index contributed by atoms with van der Waals surface area (Å²) in [7, 11) is 1.49. The first-order valence-electron chi connectivity index (χ1n) is 10.5. The SMILES string of the molecule is COc1cc(F)ccc1-c1cnc2sc(N3CCC(C=O)(NC(=O)OC(C)(C)C)CC3)nn12. The minimum atomic E-state index is -0.969. The smallest absolute Gasteiger partial charge is 0.408 e. The number of hydrogen-bond acceptors (Lipinski definition) is 8. The number of hydrogen-bond donors (Lipinski definition) is 1. The summed E-state index contributed by atoms with van der Waals surface area (Å²) in [5.41, 5.74) is -0.239. The van der Waals surface area contributed by atoms with Gasteiger partial charge in [-0.2, -0.15) is 0 Å². The van der Waals surface area contributed by atoms with Gasteiger partial charge in [0, 0.05) is 24.7 Å². The molecule has 1 fully saturated rings. The molecule has 1 saturated heterocycles. The molecule has 2 aromatic heterocycles. The van der Waals surface area contributed by atoms with E-state index in [1.807, 2.05) is 0 Å². The van der Waals surface area contributed by atoms with Crippen LogP contribution in [0.25, 0.3) is 16.2 Å². The largest absolute Gasteiger partial charge is 0.496 e. The highest BCUT2D eigenvalue weighted by atomic mass is 32.1. The van der Waals surface area contributed by atoms with E-state index < -0.39 is 17.2 Å². The Balaban J connectivity index is 1.51. The molecule has 0 spiro atoms. The second-order valence-electron chi connectivity index (χ2n) is 8.95. The van der Waals surface area contributed by atoms with Gasteiger partial charge >= 0.3 is 6.09 Å². The summed E-state index contributed by atoms with van der Waals surface area (Å²) in [6, 6.07) is 4.33. The number of rotatable bonds is 5. The fourth-order valence-electron chi connectivity index (χ4n) is 3.75. The average Bonchev–Trinajstić information content (AvgIpc) is 3.34. The number of benzene rings is 1. The molecule has 1 N–H and O–H groups in total. The number of alkyl carbamates (subject to hydrolysis) is 1. The zero-order valence-corrected chi connectivity index (χ0v) is 19.7. The van der Waals surface area contributed by atoms with Crippen LogP contribution in [0, 0.1) is 5.82 Å². The van der Waals surface area contributed by atoms with Gasteiger partial charge in [-0.15, -0.1) is 5.10 Å². The van der Waals surface area contributed by atoms with Crippen LogP contribution < -0.4 is 15.0 Å². The van der Waals surface area contributed by atoms with Gasteiger partial charge in [-0.05, 0) is 45.7 Å². The third kappa shape index (κ3) is 4.77. The molecule has 176 valence electrons. The Morgan fingerprint density at radius 1 is 1.30 bits per heavy atom. The normalized spacial score (nSPS) is 16.0. The van der Waals surface area contributed by atoms with E-state index in [0.717, 1.165) is 11.4 Å². The zero-order valence-electron chi connectivity index (χ0n) is 18.9. The van der Waals surface area contributed by atoms with Gasteiger partial charge in [0.25, 0.3) is 0 Å². The first-order valence-corrected chi connectivity index (χ1v) is 11.4. The molecule has 9 nitrogen and oxygen atoms in total. The van der Waals surface area contributed by atoms with E-state index in [1.165, 1.54) is 30.6 Å². The van der Waals surface area contributed by atoms with E-state index in [9.17, 15) is 14.0 Å². The Bertz CT molecular complexity index is 1180. The predicted octanol–water partition coefficient (Wildman–Crippen LogP) is 3.67.